The summed E-state index contributed by atoms with van der Waals surface area (Å²) in [7, 11) is 2.10. The van der Waals surface area contributed by atoms with Crippen molar-refractivity contribution in [3.63, 3.8) is 0 Å². The Bertz CT molecular complexity index is 903. The number of carbonyl (C=O) groups excluding carboxylic acids is 1. The van der Waals surface area contributed by atoms with Crippen LogP contribution >= 0.6 is 11.6 Å². The highest BCUT2D eigenvalue weighted by atomic mass is 35.5. The average molecular weight is 428 g/mol. The predicted octanol–water partition coefficient (Wildman–Crippen LogP) is 4.12. The van der Waals surface area contributed by atoms with Crippen LogP contribution in [0, 0.1) is 0 Å². The molecule has 1 amide bonds. The van der Waals surface area contributed by atoms with E-state index in [1.54, 1.807) is 4.90 Å². The van der Waals surface area contributed by atoms with Gasteiger partial charge in [0.2, 0.25) is 0 Å². The normalized spacial score (nSPS) is 19.3. The fourth-order valence-corrected chi connectivity index (χ4v) is 4.67. The lowest BCUT2D eigenvalue weighted by Gasteiger charge is -2.50. The molecule has 2 aliphatic heterocycles. The maximum absolute atomic E-state index is 12.8. The topological polar surface area (TPSA) is 37.7 Å². The number of piperidine rings is 1. The molecule has 2 aliphatic rings. The molecule has 1 spiro atoms. The highest BCUT2D eigenvalue weighted by Gasteiger charge is 2.44. The molecular weight excluding hydrogens is 407 g/mol. The second kappa shape index (κ2) is 7.25. The van der Waals surface area contributed by atoms with E-state index in [0.717, 1.165) is 43.2 Å². The van der Waals surface area contributed by atoms with Crippen molar-refractivity contribution in [3.05, 3.63) is 52.8 Å². The Morgan fingerprint density at radius 3 is 2.31 bits per heavy atom. The fourth-order valence-electron chi connectivity index (χ4n) is 4.44. The van der Waals surface area contributed by atoms with Crippen molar-refractivity contribution in [3.8, 4) is 5.75 Å². The van der Waals surface area contributed by atoms with E-state index in [9.17, 15) is 18.0 Å². The number of nitrogens with zero attached hydrogens (tertiary/aromatic N) is 3. The van der Waals surface area contributed by atoms with E-state index in [1.807, 2.05) is 6.07 Å². The van der Waals surface area contributed by atoms with Crippen LogP contribution in [0.25, 0.3) is 0 Å². The number of fused-ring (bicyclic) bond motifs is 2. The molecule has 0 N–H and O–H groups in total. The third-order valence-electron chi connectivity index (χ3n) is 6.01. The number of aromatic nitrogens is 1. The number of amides is 1. The van der Waals surface area contributed by atoms with Gasteiger partial charge in [-0.2, -0.15) is 0 Å². The van der Waals surface area contributed by atoms with E-state index in [1.165, 1.54) is 17.8 Å². The number of rotatable bonds is 2. The number of halogens is 4. The minimum atomic E-state index is -4.75. The van der Waals surface area contributed by atoms with Crippen LogP contribution in [0.4, 0.5) is 13.2 Å². The highest BCUT2D eigenvalue weighted by Crippen LogP contribution is 2.42. The number of alkyl halides is 3. The molecule has 1 aromatic heterocycles. The first-order valence-corrected chi connectivity index (χ1v) is 9.79. The van der Waals surface area contributed by atoms with E-state index in [2.05, 4.69) is 27.3 Å². The molecular formula is C20H21ClF3N3O2. The van der Waals surface area contributed by atoms with Crippen molar-refractivity contribution >= 4 is 17.5 Å². The first-order valence-electron chi connectivity index (χ1n) is 9.41. The summed E-state index contributed by atoms with van der Waals surface area (Å²) in [6.07, 6.45) is -3.21. The minimum absolute atomic E-state index is 0.160. The standard InChI is InChI=1S/C20H21ClF3N3O2/c1-25-12-13-27-16(6-7-17(27)21)19(25)8-10-26(11-9-19)18(28)14-2-4-15(5-3-14)29-20(22,23)24/h2-7H,8-13H2,1H3. The fraction of sp³-hybridized carbons (Fsp3) is 0.450. The van der Waals surface area contributed by atoms with Crippen LogP contribution in [0.15, 0.2) is 36.4 Å². The van der Waals surface area contributed by atoms with Crippen LogP contribution in [-0.4, -0.2) is 53.3 Å². The molecule has 1 aromatic carbocycles. The van der Waals surface area contributed by atoms with Gasteiger partial charge < -0.3 is 14.2 Å². The van der Waals surface area contributed by atoms with Crippen LogP contribution in [0.5, 0.6) is 5.75 Å². The smallest absolute Gasteiger partial charge is 0.406 e. The third kappa shape index (κ3) is 3.71. The van der Waals surface area contributed by atoms with Crippen LogP contribution in [-0.2, 0) is 12.1 Å². The largest absolute Gasteiger partial charge is 0.573 e. The summed E-state index contributed by atoms with van der Waals surface area (Å²) in [4.78, 5) is 16.9. The average Bonchev–Trinajstić information content (AvgIpc) is 3.06. The predicted molar refractivity (Wildman–Crippen MR) is 102 cm³/mol. The Morgan fingerprint density at radius 1 is 1.03 bits per heavy atom. The Hall–Kier alpha value is -2.19. The van der Waals surface area contributed by atoms with Crippen molar-refractivity contribution in [2.75, 3.05) is 26.7 Å². The molecule has 0 aliphatic carbocycles. The van der Waals surface area contributed by atoms with Gasteiger partial charge in [-0.05, 0) is 56.3 Å². The van der Waals surface area contributed by atoms with Crippen LogP contribution < -0.4 is 4.74 Å². The van der Waals surface area contributed by atoms with Gasteiger partial charge >= 0.3 is 6.36 Å². The quantitative estimate of drug-likeness (QED) is 0.723. The summed E-state index contributed by atoms with van der Waals surface area (Å²) in [6.45, 7) is 2.85. The molecule has 0 unspecified atom stereocenters. The molecule has 9 heteroatoms. The van der Waals surface area contributed by atoms with Crippen LogP contribution in [0.2, 0.25) is 5.15 Å². The number of hydrogen-bond donors (Lipinski definition) is 0. The van der Waals surface area contributed by atoms with Gasteiger partial charge in [0.05, 0.1) is 5.54 Å². The summed E-state index contributed by atoms with van der Waals surface area (Å²) in [5, 5.41) is 0.729. The van der Waals surface area contributed by atoms with Crippen molar-refractivity contribution in [1.29, 1.82) is 0 Å². The monoisotopic (exact) mass is 427 g/mol. The van der Waals surface area contributed by atoms with Crippen LogP contribution in [0.1, 0.15) is 28.9 Å². The molecule has 0 atom stereocenters. The molecule has 5 nitrogen and oxygen atoms in total. The molecule has 156 valence electrons. The molecule has 2 aromatic rings. The summed E-state index contributed by atoms with van der Waals surface area (Å²) in [5.74, 6) is -0.529. The Kier molecular flexibility index (Phi) is 5.02. The number of benzene rings is 1. The van der Waals surface area contributed by atoms with Gasteiger partial charge in [-0.15, -0.1) is 13.2 Å². The Labute approximate surface area is 171 Å². The third-order valence-corrected chi connectivity index (χ3v) is 6.34. The van der Waals surface area contributed by atoms with E-state index in [0.29, 0.717) is 18.7 Å². The second-order valence-electron chi connectivity index (χ2n) is 7.51. The van der Waals surface area contributed by atoms with E-state index in [4.69, 9.17) is 11.6 Å². The van der Waals surface area contributed by atoms with E-state index < -0.39 is 6.36 Å². The first kappa shape index (κ1) is 20.1. The SMILES string of the molecule is CN1CCn2c(Cl)ccc2C12CCN(C(=O)c1ccc(OC(F)(F)F)cc1)CC2. The molecule has 0 saturated carbocycles. The van der Waals surface area contributed by atoms with Gasteiger partial charge in [0.15, 0.2) is 0 Å². The number of likely N-dealkylation sites (N-methyl/N-ethyl adjacent to an activating group) is 1. The molecule has 1 fully saturated rings. The first-order chi connectivity index (χ1) is 13.7. The zero-order chi connectivity index (χ0) is 20.8. The molecule has 0 radical (unpaired) electrons. The van der Waals surface area contributed by atoms with Crippen molar-refractivity contribution in [2.45, 2.75) is 31.3 Å². The Morgan fingerprint density at radius 2 is 1.69 bits per heavy atom. The van der Waals surface area contributed by atoms with Gasteiger partial charge in [0.1, 0.15) is 10.9 Å². The molecule has 4 rings (SSSR count). The number of carbonyl (C=O) groups is 1. The maximum atomic E-state index is 12.8. The minimum Gasteiger partial charge on any atom is -0.406 e. The van der Waals surface area contributed by atoms with Crippen molar-refractivity contribution < 1.29 is 22.7 Å². The Balaban J connectivity index is 1.47. The van der Waals surface area contributed by atoms with Crippen molar-refractivity contribution in [2.24, 2.45) is 0 Å². The zero-order valence-electron chi connectivity index (χ0n) is 15.9. The number of likely N-dealkylation sites (tertiary alicyclic amines) is 1. The molecule has 1 saturated heterocycles. The number of hydrogen-bond acceptors (Lipinski definition) is 3. The molecule has 3 heterocycles. The van der Waals surface area contributed by atoms with Crippen molar-refractivity contribution in [1.82, 2.24) is 14.4 Å². The lowest BCUT2D eigenvalue weighted by Crippen LogP contribution is -2.56. The summed E-state index contributed by atoms with van der Waals surface area (Å²) in [5.41, 5.74) is 1.36. The zero-order valence-corrected chi connectivity index (χ0v) is 16.6. The highest BCUT2D eigenvalue weighted by molar-refractivity contribution is 6.29. The van der Waals surface area contributed by atoms with Gasteiger partial charge in [-0.1, -0.05) is 11.6 Å². The van der Waals surface area contributed by atoms with Gasteiger partial charge in [-0.25, -0.2) is 0 Å². The number of ether oxygens (including phenoxy) is 1. The maximum Gasteiger partial charge on any atom is 0.573 e. The van der Waals surface area contributed by atoms with Gasteiger partial charge in [0.25, 0.3) is 5.91 Å². The lowest BCUT2D eigenvalue weighted by molar-refractivity contribution is -0.274. The van der Waals surface area contributed by atoms with Gasteiger partial charge in [-0.3, -0.25) is 9.69 Å². The van der Waals surface area contributed by atoms with E-state index >= 15 is 0 Å². The summed E-state index contributed by atoms with van der Waals surface area (Å²) >= 11 is 6.32. The lowest BCUT2D eigenvalue weighted by atomic mass is 9.81. The van der Waals surface area contributed by atoms with E-state index in [-0.39, 0.29) is 17.2 Å². The molecule has 29 heavy (non-hydrogen) atoms. The summed E-state index contributed by atoms with van der Waals surface area (Å²) < 4.78 is 42.9. The second-order valence-corrected chi connectivity index (χ2v) is 7.90. The molecule has 0 bridgehead atoms. The van der Waals surface area contributed by atoms with Crippen LogP contribution in [0.3, 0.4) is 0 Å². The summed E-state index contributed by atoms with van der Waals surface area (Å²) in [6, 6.07) is 9.04. The van der Waals surface area contributed by atoms with Gasteiger partial charge in [0, 0.05) is 37.4 Å².